The fraction of sp³-hybridized carbons (Fsp3) is 0.261. The van der Waals surface area contributed by atoms with Crippen LogP contribution in [0.25, 0.3) is 6.08 Å². The molecule has 1 heterocycles. The molecule has 1 saturated heterocycles. The molecular formula is C23H24N2O4S. The predicted molar refractivity (Wildman–Crippen MR) is 121 cm³/mol. The van der Waals surface area contributed by atoms with E-state index in [1.807, 2.05) is 31.2 Å². The van der Waals surface area contributed by atoms with Crippen LogP contribution in [-0.4, -0.2) is 30.6 Å². The average molecular weight is 425 g/mol. The summed E-state index contributed by atoms with van der Waals surface area (Å²) >= 11 is 5.26. The van der Waals surface area contributed by atoms with E-state index in [0.717, 1.165) is 5.56 Å². The summed E-state index contributed by atoms with van der Waals surface area (Å²) in [5.74, 6) is 0.470. The summed E-state index contributed by atoms with van der Waals surface area (Å²) in [6, 6.07) is 12.8. The highest BCUT2D eigenvalue weighted by Gasteiger charge is 2.34. The molecule has 0 aliphatic carbocycles. The van der Waals surface area contributed by atoms with Gasteiger partial charge in [0.15, 0.2) is 16.6 Å². The van der Waals surface area contributed by atoms with Crippen LogP contribution >= 0.6 is 12.2 Å². The summed E-state index contributed by atoms with van der Waals surface area (Å²) in [6.45, 7) is 6.52. The molecule has 7 heteroatoms. The molecule has 0 spiro atoms. The zero-order valence-electron chi connectivity index (χ0n) is 17.4. The maximum Gasteiger partial charge on any atom is 0.270 e. The molecule has 6 nitrogen and oxygen atoms in total. The first-order valence-electron chi connectivity index (χ1n) is 9.68. The standard InChI is InChI=1S/C23H24N2O4S/c1-5-29-20-13-15(6-11-19(20)28-4)12-18-21(26)24-23(30)25(22(18)27)17-9-7-16(8-10-17)14(2)3/h6-14H,5H2,1-4H3,(H,24,26,30)/b18-12+. The Labute approximate surface area is 181 Å². The molecule has 0 bridgehead atoms. The number of hydrogen-bond donors (Lipinski definition) is 1. The number of nitrogens with zero attached hydrogens (tertiary/aromatic N) is 1. The van der Waals surface area contributed by atoms with E-state index in [1.165, 1.54) is 11.0 Å². The first-order valence-corrected chi connectivity index (χ1v) is 10.1. The largest absolute Gasteiger partial charge is 0.493 e. The average Bonchev–Trinajstić information content (AvgIpc) is 2.72. The number of ether oxygens (including phenoxy) is 2. The van der Waals surface area contributed by atoms with Crippen LogP contribution in [-0.2, 0) is 9.59 Å². The number of amides is 2. The third kappa shape index (κ3) is 4.36. The first kappa shape index (κ1) is 21.5. The summed E-state index contributed by atoms with van der Waals surface area (Å²) in [6.07, 6.45) is 1.52. The Hall–Kier alpha value is -3.19. The molecule has 156 valence electrons. The molecule has 1 aliphatic rings. The number of carbonyl (C=O) groups is 2. The third-order valence-corrected chi connectivity index (χ3v) is 5.00. The molecule has 0 aromatic heterocycles. The highest BCUT2D eigenvalue weighted by Crippen LogP contribution is 2.30. The van der Waals surface area contributed by atoms with Crippen LogP contribution in [0.5, 0.6) is 11.5 Å². The lowest BCUT2D eigenvalue weighted by atomic mass is 10.0. The van der Waals surface area contributed by atoms with E-state index >= 15 is 0 Å². The minimum absolute atomic E-state index is 0.0100. The molecule has 0 unspecified atom stereocenters. The van der Waals surface area contributed by atoms with Gasteiger partial charge < -0.3 is 9.47 Å². The fourth-order valence-electron chi connectivity index (χ4n) is 3.12. The normalized spacial score (nSPS) is 15.6. The lowest BCUT2D eigenvalue weighted by Gasteiger charge is -2.29. The van der Waals surface area contributed by atoms with Crippen molar-refractivity contribution >= 4 is 40.9 Å². The van der Waals surface area contributed by atoms with Gasteiger partial charge in [-0.15, -0.1) is 0 Å². The second-order valence-corrected chi connectivity index (χ2v) is 7.43. The quantitative estimate of drug-likeness (QED) is 0.431. The van der Waals surface area contributed by atoms with Crippen LogP contribution in [0.3, 0.4) is 0 Å². The van der Waals surface area contributed by atoms with Crippen molar-refractivity contribution in [1.82, 2.24) is 5.32 Å². The van der Waals surface area contributed by atoms with Gasteiger partial charge in [0, 0.05) is 0 Å². The number of carbonyl (C=O) groups excluding carboxylic acids is 2. The van der Waals surface area contributed by atoms with E-state index in [2.05, 4.69) is 19.2 Å². The van der Waals surface area contributed by atoms with Crippen molar-refractivity contribution < 1.29 is 19.1 Å². The first-order chi connectivity index (χ1) is 14.3. The van der Waals surface area contributed by atoms with Crippen molar-refractivity contribution in [1.29, 1.82) is 0 Å². The van der Waals surface area contributed by atoms with Gasteiger partial charge in [-0.1, -0.05) is 32.0 Å². The molecule has 1 N–H and O–H groups in total. The Bertz CT molecular complexity index is 1010. The SMILES string of the molecule is CCOc1cc(/C=C2\C(=O)NC(=S)N(c3ccc(C(C)C)cc3)C2=O)ccc1OC. The molecule has 1 fully saturated rings. The number of thiocarbonyl (C=S) groups is 1. The number of anilines is 1. The van der Waals surface area contributed by atoms with Crippen LogP contribution in [0.2, 0.25) is 0 Å². The molecule has 0 radical (unpaired) electrons. The summed E-state index contributed by atoms with van der Waals surface area (Å²) in [7, 11) is 1.55. The molecule has 0 atom stereocenters. The van der Waals surface area contributed by atoms with E-state index in [0.29, 0.717) is 35.3 Å². The lowest BCUT2D eigenvalue weighted by molar-refractivity contribution is -0.122. The van der Waals surface area contributed by atoms with Gasteiger partial charge in [0.1, 0.15) is 5.57 Å². The molecule has 2 aromatic rings. The van der Waals surface area contributed by atoms with Gasteiger partial charge in [-0.2, -0.15) is 0 Å². The summed E-state index contributed by atoms with van der Waals surface area (Å²) in [5.41, 5.74) is 2.38. The zero-order chi connectivity index (χ0) is 21.8. The maximum atomic E-state index is 13.2. The minimum atomic E-state index is -0.533. The van der Waals surface area contributed by atoms with E-state index in [4.69, 9.17) is 21.7 Å². The van der Waals surface area contributed by atoms with Crippen LogP contribution in [0.15, 0.2) is 48.0 Å². The van der Waals surface area contributed by atoms with Gasteiger partial charge in [-0.25, -0.2) is 0 Å². The Morgan fingerprint density at radius 2 is 1.80 bits per heavy atom. The fourth-order valence-corrected chi connectivity index (χ4v) is 3.40. The van der Waals surface area contributed by atoms with Crippen molar-refractivity contribution in [2.24, 2.45) is 0 Å². The third-order valence-electron chi connectivity index (χ3n) is 4.72. The van der Waals surface area contributed by atoms with Crippen molar-refractivity contribution in [3.05, 3.63) is 59.2 Å². The minimum Gasteiger partial charge on any atom is -0.493 e. The highest BCUT2D eigenvalue weighted by atomic mass is 32.1. The topological polar surface area (TPSA) is 67.9 Å². The Morgan fingerprint density at radius 3 is 2.40 bits per heavy atom. The molecule has 0 saturated carbocycles. The Morgan fingerprint density at radius 1 is 1.10 bits per heavy atom. The smallest absolute Gasteiger partial charge is 0.270 e. The number of rotatable bonds is 6. The van der Waals surface area contributed by atoms with Crippen molar-refractivity contribution in [3.63, 3.8) is 0 Å². The van der Waals surface area contributed by atoms with E-state index in [1.54, 1.807) is 25.3 Å². The van der Waals surface area contributed by atoms with Gasteiger partial charge >= 0.3 is 0 Å². The van der Waals surface area contributed by atoms with E-state index in [9.17, 15) is 9.59 Å². The molecular weight excluding hydrogens is 400 g/mol. The predicted octanol–water partition coefficient (Wildman–Crippen LogP) is 4.05. The second-order valence-electron chi connectivity index (χ2n) is 7.05. The van der Waals surface area contributed by atoms with Crippen molar-refractivity contribution in [2.45, 2.75) is 26.7 Å². The summed E-state index contributed by atoms with van der Waals surface area (Å²) < 4.78 is 10.9. The number of hydrogen-bond acceptors (Lipinski definition) is 5. The van der Waals surface area contributed by atoms with Crippen LogP contribution in [0, 0.1) is 0 Å². The summed E-state index contributed by atoms with van der Waals surface area (Å²) in [4.78, 5) is 27.0. The number of benzene rings is 2. The van der Waals surface area contributed by atoms with Gasteiger partial charge in [-0.3, -0.25) is 19.8 Å². The Kier molecular flexibility index (Phi) is 6.52. The highest BCUT2D eigenvalue weighted by molar-refractivity contribution is 7.80. The second kappa shape index (κ2) is 9.09. The summed E-state index contributed by atoms with van der Waals surface area (Å²) in [5, 5.41) is 2.66. The van der Waals surface area contributed by atoms with Crippen LogP contribution < -0.4 is 19.7 Å². The number of methoxy groups -OCH3 is 1. The van der Waals surface area contributed by atoms with Gasteiger partial charge in [-0.05, 0) is 66.5 Å². The van der Waals surface area contributed by atoms with Crippen LogP contribution in [0.1, 0.15) is 37.8 Å². The van der Waals surface area contributed by atoms with Crippen LogP contribution in [0.4, 0.5) is 5.69 Å². The van der Waals surface area contributed by atoms with E-state index in [-0.39, 0.29) is 10.7 Å². The number of nitrogens with one attached hydrogen (secondary N) is 1. The molecule has 3 rings (SSSR count). The van der Waals surface area contributed by atoms with Gasteiger partial charge in [0.2, 0.25) is 0 Å². The van der Waals surface area contributed by atoms with Crippen molar-refractivity contribution in [2.75, 3.05) is 18.6 Å². The van der Waals surface area contributed by atoms with E-state index < -0.39 is 11.8 Å². The van der Waals surface area contributed by atoms with Crippen molar-refractivity contribution in [3.8, 4) is 11.5 Å². The molecule has 1 aliphatic heterocycles. The zero-order valence-corrected chi connectivity index (χ0v) is 18.2. The molecule has 30 heavy (non-hydrogen) atoms. The lowest BCUT2D eigenvalue weighted by Crippen LogP contribution is -2.54. The monoisotopic (exact) mass is 424 g/mol. The van der Waals surface area contributed by atoms with Gasteiger partial charge in [0.05, 0.1) is 19.4 Å². The Balaban J connectivity index is 1.97. The maximum absolute atomic E-state index is 13.2. The van der Waals surface area contributed by atoms with Gasteiger partial charge in [0.25, 0.3) is 11.8 Å². The molecule has 2 amide bonds. The molecule has 2 aromatic carbocycles.